The predicted molar refractivity (Wildman–Crippen MR) is 76.0 cm³/mol. The maximum absolute atomic E-state index is 11.6. The predicted octanol–water partition coefficient (Wildman–Crippen LogP) is 2.08. The van der Waals surface area contributed by atoms with E-state index in [2.05, 4.69) is 20.4 Å². The summed E-state index contributed by atoms with van der Waals surface area (Å²) in [5, 5.41) is 6.34. The second kappa shape index (κ2) is 6.01. The number of aromatic nitrogens is 2. The van der Waals surface area contributed by atoms with Crippen molar-refractivity contribution < 1.29 is 14.1 Å². The van der Waals surface area contributed by atoms with Crippen molar-refractivity contribution in [1.82, 2.24) is 15.0 Å². The van der Waals surface area contributed by atoms with Crippen molar-refractivity contribution >= 4 is 12.0 Å². The molecule has 1 atom stereocenters. The zero-order valence-electron chi connectivity index (χ0n) is 12.5. The minimum atomic E-state index is -0.537. The third-order valence-corrected chi connectivity index (χ3v) is 4.18. The van der Waals surface area contributed by atoms with Crippen LogP contribution in [0.2, 0.25) is 0 Å². The van der Waals surface area contributed by atoms with E-state index in [0.717, 1.165) is 6.54 Å². The monoisotopic (exact) mass is 294 g/mol. The zero-order chi connectivity index (χ0) is 14.8. The normalized spacial score (nSPS) is 27.9. The molecule has 7 heteroatoms. The molecule has 1 aromatic heterocycles. The van der Waals surface area contributed by atoms with Gasteiger partial charge in [0.05, 0.1) is 12.5 Å². The molecule has 4 heterocycles. The van der Waals surface area contributed by atoms with Gasteiger partial charge >= 0.3 is 6.09 Å². The van der Waals surface area contributed by atoms with Gasteiger partial charge in [-0.05, 0) is 42.9 Å². The molecule has 116 valence electrons. The van der Waals surface area contributed by atoms with Crippen molar-refractivity contribution in [1.29, 1.82) is 0 Å². The van der Waals surface area contributed by atoms with Gasteiger partial charge in [0.1, 0.15) is 0 Å². The molecule has 0 saturated carbocycles. The van der Waals surface area contributed by atoms with Crippen LogP contribution in [0.25, 0.3) is 0 Å². The first-order valence-corrected chi connectivity index (χ1v) is 7.61. The van der Waals surface area contributed by atoms with Crippen LogP contribution in [0.3, 0.4) is 0 Å². The average molecular weight is 294 g/mol. The Hall–Kier alpha value is -1.63. The Labute approximate surface area is 124 Å². The Morgan fingerprint density at radius 1 is 1.48 bits per heavy atom. The van der Waals surface area contributed by atoms with Crippen LogP contribution in [0.5, 0.6) is 0 Å². The minimum absolute atomic E-state index is 0.190. The smallest absolute Gasteiger partial charge is 0.414 e. The van der Waals surface area contributed by atoms with E-state index in [1.165, 1.54) is 25.9 Å². The van der Waals surface area contributed by atoms with E-state index < -0.39 is 6.09 Å². The highest BCUT2D eigenvalue weighted by Crippen LogP contribution is 2.38. The number of amides is 1. The molecule has 3 fully saturated rings. The molecule has 21 heavy (non-hydrogen) atoms. The fourth-order valence-corrected chi connectivity index (χ4v) is 3.05. The number of fused-ring (bicyclic) bond motifs is 3. The van der Waals surface area contributed by atoms with Crippen LogP contribution in [0.4, 0.5) is 10.7 Å². The fourth-order valence-electron chi connectivity index (χ4n) is 3.05. The number of nitrogens with zero attached hydrogens (tertiary/aromatic N) is 3. The van der Waals surface area contributed by atoms with Crippen molar-refractivity contribution in [3.05, 3.63) is 5.89 Å². The minimum Gasteiger partial charge on any atom is -0.449 e. The largest absolute Gasteiger partial charge is 0.449 e. The highest BCUT2D eigenvalue weighted by molar-refractivity contribution is 5.82. The van der Waals surface area contributed by atoms with E-state index in [1.54, 1.807) is 0 Å². The Kier molecular flexibility index (Phi) is 4.10. The number of carbonyl (C=O) groups excluding carboxylic acids is 1. The molecule has 1 amide bonds. The lowest BCUT2D eigenvalue weighted by atomic mass is 9.79. The highest BCUT2D eigenvalue weighted by Gasteiger charge is 2.38. The molecule has 1 aromatic rings. The highest BCUT2D eigenvalue weighted by atomic mass is 16.5. The molecule has 3 aliphatic heterocycles. The Morgan fingerprint density at radius 3 is 2.86 bits per heavy atom. The molecule has 4 rings (SSSR count). The van der Waals surface area contributed by atoms with Gasteiger partial charge in [-0.25, -0.2) is 4.79 Å². The molecule has 7 nitrogen and oxygen atoms in total. The van der Waals surface area contributed by atoms with E-state index in [-0.39, 0.29) is 5.95 Å². The summed E-state index contributed by atoms with van der Waals surface area (Å²) in [5.41, 5.74) is 0. The van der Waals surface area contributed by atoms with Gasteiger partial charge in [-0.3, -0.25) is 5.32 Å². The number of rotatable bonds is 4. The number of carbonyl (C=O) groups is 1. The molecule has 1 unspecified atom stereocenters. The maximum Gasteiger partial charge on any atom is 0.414 e. The van der Waals surface area contributed by atoms with Crippen molar-refractivity contribution in [3.63, 3.8) is 0 Å². The molecule has 1 N–H and O–H groups in total. The maximum atomic E-state index is 11.6. The number of hydrogen-bond acceptors (Lipinski definition) is 6. The van der Waals surface area contributed by atoms with Crippen molar-refractivity contribution in [3.8, 4) is 0 Å². The Morgan fingerprint density at radius 2 is 2.24 bits per heavy atom. The summed E-state index contributed by atoms with van der Waals surface area (Å²) in [6, 6.07) is 0. The number of nitrogens with one attached hydrogen (secondary N) is 1. The lowest BCUT2D eigenvalue weighted by Gasteiger charge is -2.43. The summed E-state index contributed by atoms with van der Waals surface area (Å²) >= 11 is 0. The lowest BCUT2D eigenvalue weighted by molar-refractivity contribution is 0.0727. The second-order valence-corrected chi connectivity index (χ2v) is 6.32. The average Bonchev–Trinajstić information content (AvgIpc) is 2.94. The molecular formula is C14H22N4O3. The van der Waals surface area contributed by atoms with Crippen LogP contribution < -0.4 is 5.32 Å². The molecule has 2 bridgehead atoms. The first-order chi connectivity index (χ1) is 10.1. The van der Waals surface area contributed by atoms with Crippen LogP contribution in [-0.2, 0) is 4.74 Å². The summed E-state index contributed by atoms with van der Waals surface area (Å²) in [7, 11) is 0. The lowest BCUT2D eigenvalue weighted by Crippen LogP contribution is -2.46. The Bertz CT molecular complexity index is 494. The fraction of sp³-hybridized carbons (Fsp3) is 0.786. The summed E-state index contributed by atoms with van der Waals surface area (Å²) < 4.78 is 10.4. The number of hydrogen-bond donors (Lipinski definition) is 1. The molecule has 0 spiro atoms. The van der Waals surface area contributed by atoms with Gasteiger partial charge in [-0.1, -0.05) is 13.8 Å². The van der Waals surface area contributed by atoms with Gasteiger partial charge in [0.25, 0.3) is 5.95 Å². The van der Waals surface area contributed by atoms with Crippen LogP contribution in [0.15, 0.2) is 4.52 Å². The molecular weight excluding hydrogens is 272 g/mol. The van der Waals surface area contributed by atoms with Crippen LogP contribution in [0.1, 0.15) is 38.5 Å². The van der Waals surface area contributed by atoms with Crippen molar-refractivity contribution in [2.75, 3.05) is 31.6 Å². The number of piperidine rings is 3. The number of ether oxygens (including phenoxy) is 1. The quantitative estimate of drug-likeness (QED) is 0.915. The van der Waals surface area contributed by atoms with Gasteiger partial charge in [0.15, 0.2) is 0 Å². The summed E-state index contributed by atoms with van der Waals surface area (Å²) in [6.07, 6.45) is 1.84. The van der Waals surface area contributed by atoms with E-state index >= 15 is 0 Å². The van der Waals surface area contributed by atoms with Crippen molar-refractivity contribution in [2.45, 2.75) is 32.6 Å². The number of anilines is 1. The Balaban J connectivity index is 1.57. The standard InChI is InChI=1S/C14H22N4O3/c1-9(2)8-20-14(19)16-13-15-12(21-17-13)11-7-18-5-3-10(11)4-6-18/h9-11H,3-8H2,1-2H3,(H,16,17,19). The summed E-state index contributed by atoms with van der Waals surface area (Å²) in [5.74, 6) is 2.03. The van der Waals surface area contributed by atoms with Gasteiger partial charge in [-0.2, -0.15) is 4.98 Å². The van der Waals surface area contributed by atoms with Gasteiger partial charge in [-0.15, -0.1) is 0 Å². The SMILES string of the molecule is CC(C)COC(=O)Nc1noc(C2CN3CCC2CC3)n1. The van der Waals surface area contributed by atoms with Crippen LogP contribution >= 0.6 is 0 Å². The first kappa shape index (κ1) is 14.3. The second-order valence-electron chi connectivity index (χ2n) is 6.32. The topological polar surface area (TPSA) is 80.5 Å². The van der Waals surface area contributed by atoms with Crippen molar-refractivity contribution in [2.24, 2.45) is 11.8 Å². The van der Waals surface area contributed by atoms with Gasteiger partial charge in [0, 0.05) is 6.54 Å². The molecule has 0 aromatic carbocycles. The zero-order valence-corrected chi connectivity index (χ0v) is 12.5. The van der Waals surface area contributed by atoms with E-state index in [9.17, 15) is 4.79 Å². The van der Waals surface area contributed by atoms with E-state index in [0.29, 0.717) is 30.3 Å². The van der Waals surface area contributed by atoms with Crippen LogP contribution in [-0.4, -0.2) is 47.4 Å². The van der Waals surface area contributed by atoms with Gasteiger partial charge in [0.2, 0.25) is 5.89 Å². The van der Waals surface area contributed by atoms with E-state index in [4.69, 9.17) is 9.26 Å². The summed E-state index contributed by atoms with van der Waals surface area (Å²) in [4.78, 5) is 18.3. The van der Waals surface area contributed by atoms with Gasteiger partial charge < -0.3 is 14.2 Å². The first-order valence-electron chi connectivity index (χ1n) is 7.61. The van der Waals surface area contributed by atoms with Crippen LogP contribution in [0, 0.1) is 11.8 Å². The molecule has 0 aliphatic carbocycles. The molecule has 3 aliphatic rings. The third kappa shape index (κ3) is 3.34. The third-order valence-electron chi connectivity index (χ3n) is 4.18. The molecule has 0 radical (unpaired) electrons. The summed E-state index contributed by atoms with van der Waals surface area (Å²) in [6.45, 7) is 7.64. The molecule has 3 saturated heterocycles. The van der Waals surface area contributed by atoms with E-state index in [1.807, 2.05) is 13.8 Å².